The smallest absolute Gasteiger partial charge is 0.293 e. The molecule has 5 rings (SSSR count). The van der Waals surface area contributed by atoms with E-state index in [1.54, 1.807) is 13.3 Å². The number of carbonyl (C=O) groups excluding carboxylic acids is 1. The fraction of sp³-hybridized carbons (Fsp3) is 0.143. The molecule has 0 aliphatic rings. The van der Waals surface area contributed by atoms with Crippen LogP contribution in [0.5, 0.6) is 11.5 Å². The molecule has 0 fully saturated rings. The van der Waals surface area contributed by atoms with Crippen molar-refractivity contribution in [1.82, 2.24) is 4.98 Å². The molecule has 3 aromatic carbocycles. The van der Waals surface area contributed by atoms with Crippen LogP contribution in [0.3, 0.4) is 0 Å². The topological polar surface area (TPSA) is 73.6 Å². The van der Waals surface area contributed by atoms with Crippen LogP contribution in [0.15, 0.2) is 83.4 Å². The van der Waals surface area contributed by atoms with Gasteiger partial charge in [0.1, 0.15) is 23.7 Å². The monoisotopic (exact) mass is 484 g/mol. The number of para-hydroxylation sites is 1. The standard InChI is InChI=1S/C28H24N2O4S/c1-18-6-5-7-19(14-18)15-22-16-29-28(35-22)30-27(31)26-24(23-8-3-4-9-25(23)34-26)17-33-21-12-10-20(32-2)11-13-21/h3-14,16H,15,17H2,1-2H3,(H,29,30,31). The molecule has 2 heterocycles. The maximum atomic E-state index is 13.2. The molecule has 1 N–H and O–H groups in total. The number of hydrogen-bond acceptors (Lipinski definition) is 6. The first kappa shape index (κ1) is 22.7. The molecule has 0 saturated heterocycles. The Hall–Kier alpha value is -4.10. The lowest BCUT2D eigenvalue weighted by Gasteiger charge is -2.08. The third-order valence-corrected chi connectivity index (χ3v) is 6.49. The molecule has 176 valence electrons. The molecule has 2 aromatic heterocycles. The molecule has 0 radical (unpaired) electrons. The van der Waals surface area contributed by atoms with Crippen LogP contribution < -0.4 is 14.8 Å². The van der Waals surface area contributed by atoms with E-state index in [0.717, 1.165) is 22.4 Å². The Morgan fingerprint density at radius 1 is 1.03 bits per heavy atom. The maximum absolute atomic E-state index is 13.2. The van der Waals surface area contributed by atoms with Gasteiger partial charge in [-0.1, -0.05) is 48.0 Å². The van der Waals surface area contributed by atoms with Gasteiger partial charge in [-0.3, -0.25) is 10.1 Å². The number of benzene rings is 3. The van der Waals surface area contributed by atoms with E-state index in [1.165, 1.54) is 22.5 Å². The van der Waals surface area contributed by atoms with Crippen molar-refractivity contribution >= 4 is 33.3 Å². The third kappa shape index (κ3) is 5.20. The van der Waals surface area contributed by atoms with Crippen molar-refractivity contribution in [2.75, 3.05) is 12.4 Å². The molecule has 1 amide bonds. The van der Waals surface area contributed by atoms with E-state index in [2.05, 4.69) is 35.4 Å². The molecule has 6 nitrogen and oxygen atoms in total. The summed E-state index contributed by atoms with van der Waals surface area (Å²) in [5.74, 6) is 1.28. The van der Waals surface area contributed by atoms with Gasteiger partial charge < -0.3 is 13.9 Å². The van der Waals surface area contributed by atoms with Crippen molar-refractivity contribution in [1.29, 1.82) is 0 Å². The van der Waals surface area contributed by atoms with Crippen LogP contribution in [0.1, 0.15) is 32.1 Å². The van der Waals surface area contributed by atoms with Crippen LogP contribution in [0.25, 0.3) is 11.0 Å². The fourth-order valence-electron chi connectivity index (χ4n) is 3.88. The molecule has 35 heavy (non-hydrogen) atoms. The third-order valence-electron chi connectivity index (χ3n) is 5.58. The zero-order valence-corrected chi connectivity index (χ0v) is 20.2. The number of carbonyl (C=O) groups is 1. The number of aromatic nitrogens is 1. The zero-order chi connectivity index (χ0) is 24.2. The highest BCUT2D eigenvalue weighted by molar-refractivity contribution is 7.15. The number of fused-ring (bicyclic) bond motifs is 1. The maximum Gasteiger partial charge on any atom is 0.293 e. The predicted molar refractivity (Wildman–Crippen MR) is 138 cm³/mol. The highest BCUT2D eigenvalue weighted by Gasteiger charge is 2.22. The molecule has 0 atom stereocenters. The summed E-state index contributed by atoms with van der Waals surface area (Å²) in [6, 6.07) is 23.2. The lowest BCUT2D eigenvalue weighted by Crippen LogP contribution is -2.13. The number of anilines is 1. The molecule has 0 aliphatic heterocycles. The van der Waals surface area contributed by atoms with Gasteiger partial charge in [-0.15, -0.1) is 11.3 Å². The first-order valence-electron chi connectivity index (χ1n) is 11.2. The number of furan rings is 1. The summed E-state index contributed by atoms with van der Waals surface area (Å²) < 4.78 is 17.1. The van der Waals surface area contributed by atoms with Crippen LogP contribution in [0.2, 0.25) is 0 Å². The number of aryl methyl sites for hydroxylation is 1. The SMILES string of the molecule is COc1ccc(OCc2c(C(=O)Nc3ncc(Cc4cccc(C)c4)s3)oc3ccccc23)cc1. The summed E-state index contributed by atoms with van der Waals surface area (Å²) in [7, 11) is 1.62. The number of methoxy groups -OCH3 is 1. The summed E-state index contributed by atoms with van der Waals surface area (Å²) >= 11 is 1.46. The number of ether oxygens (including phenoxy) is 2. The highest BCUT2D eigenvalue weighted by atomic mass is 32.1. The van der Waals surface area contributed by atoms with E-state index in [0.29, 0.717) is 22.0 Å². The van der Waals surface area contributed by atoms with Crippen molar-refractivity contribution in [3.8, 4) is 11.5 Å². The van der Waals surface area contributed by atoms with Crippen molar-refractivity contribution in [2.45, 2.75) is 20.0 Å². The van der Waals surface area contributed by atoms with Crippen molar-refractivity contribution in [2.24, 2.45) is 0 Å². The Morgan fingerprint density at radius 2 is 1.83 bits per heavy atom. The van der Waals surface area contributed by atoms with Gasteiger partial charge in [0, 0.05) is 28.4 Å². The highest BCUT2D eigenvalue weighted by Crippen LogP contribution is 2.29. The molecule has 5 aromatic rings. The minimum atomic E-state index is -0.356. The molecule has 7 heteroatoms. The Balaban J connectivity index is 1.34. The summed E-state index contributed by atoms with van der Waals surface area (Å²) in [6.07, 6.45) is 2.57. The van der Waals surface area contributed by atoms with Crippen molar-refractivity contribution < 1.29 is 18.7 Å². The lowest BCUT2D eigenvalue weighted by atomic mass is 10.1. The van der Waals surface area contributed by atoms with E-state index in [4.69, 9.17) is 13.9 Å². The second-order valence-corrected chi connectivity index (χ2v) is 9.24. The largest absolute Gasteiger partial charge is 0.497 e. The van der Waals surface area contributed by atoms with Gasteiger partial charge in [-0.25, -0.2) is 4.98 Å². The first-order valence-corrected chi connectivity index (χ1v) is 12.0. The Morgan fingerprint density at radius 3 is 2.63 bits per heavy atom. The average Bonchev–Trinajstić information content (AvgIpc) is 3.47. The minimum absolute atomic E-state index is 0.183. The second kappa shape index (κ2) is 10.0. The van der Waals surface area contributed by atoms with Crippen LogP contribution in [-0.2, 0) is 13.0 Å². The van der Waals surface area contributed by atoms with Gasteiger partial charge in [0.2, 0.25) is 0 Å². The quantitative estimate of drug-likeness (QED) is 0.268. The van der Waals surface area contributed by atoms with Crippen molar-refractivity contribution in [3.63, 3.8) is 0 Å². The number of nitrogens with zero attached hydrogens (tertiary/aromatic N) is 1. The predicted octanol–water partition coefficient (Wildman–Crippen LogP) is 6.63. The van der Waals surface area contributed by atoms with E-state index in [-0.39, 0.29) is 18.3 Å². The summed E-state index contributed by atoms with van der Waals surface area (Å²) in [5, 5.41) is 4.26. The normalized spacial score (nSPS) is 10.9. The van der Waals surface area contributed by atoms with Crippen LogP contribution in [0, 0.1) is 6.92 Å². The van der Waals surface area contributed by atoms with E-state index < -0.39 is 0 Å². The van der Waals surface area contributed by atoms with Crippen molar-refractivity contribution in [3.05, 3.63) is 106 Å². The van der Waals surface area contributed by atoms with Gasteiger partial charge >= 0.3 is 0 Å². The van der Waals surface area contributed by atoms with Gasteiger partial charge in [0.25, 0.3) is 5.91 Å². The van der Waals surface area contributed by atoms with Crippen LogP contribution in [0.4, 0.5) is 5.13 Å². The van der Waals surface area contributed by atoms with E-state index in [9.17, 15) is 4.79 Å². The van der Waals surface area contributed by atoms with Gasteiger partial charge in [-0.05, 0) is 42.8 Å². The van der Waals surface area contributed by atoms with Gasteiger partial charge in [0.05, 0.1) is 7.11 Å². The Kier molecular flexibility index (Phi) is 6.50. The molecular formula is C28H24N2O4S. The number of hydrogen-bond donors (Lipinski definition) is 1. The zero-order valence-electron chi connectivity index (χ0n) is 19.4. The lowest BCUT2D eigenvalue weighted by molar-refractivity contribution is 0.0995. The average molecular weight is 485 g/mol. The van der Waals surface area contributed by atoms with Gasteiger partial charge in [0.15, 0.2) is 10.9 Å². The van der Waals surface area contributed by atoms with E-state index >= 15 is 0 Å². The van der Waals surface area contributed by atoms with Crippen LogP contribution in [-0.4, -0.2) is 18.0 Å². The van der Waals surface area contributed by atoms with Crippen LogP contribution >= 0.6 is 11.3 Å². The molecule has 0 saturated carbocycles. The first-order chi connectivity index (χ1) is 17.1. The summed E-state index contributed by atoms with van der Waals surface area (Å²) in [4.78, 5) is 18.7. The van der Waals surface area contributed by atoms with E-state index in [1.807, 2.05) is 54.6 Å². The number of amides is 1. The Labute approximate surface area is 207 Å². The molecule has 0 aliphatic carbocycles. The second-order valence-electron chi connectivity index (χ2n) is 8.12. The Bertz CT molecular complexity index is 1470. The summed E-state index contributed by atoms with van der Waals surface area (Å²) in [6.45, 7) is 2.26. The molecule has 0 unspecified atom stereocenters. The van der Waals surface area contributed by atoms with Gasteiger partial charge in [-0.2, -0.15) is 0 Å². The fourth-order valence-corrected chi connectivity index (χ4v) is 4.72. The molecular weight excluding hydrogens is 460 g/mol. The number of nitrogens with one attached hydrogen (secondary N) is 1. The number of thiazole rings is 1. The molecule has 0 bridgehead atoms. The summed E-state index contributed by atoms with van der Waals surface area (Å²) in [5.41, 5.74) is 3.74. The number of rotatable bonds is 8. The molecule has 0 spiro atoms. The minimum Gasteiger partial charge on any atom is -0.497 e.